The number of hydrogen-bond acceptors (Lipinski definition) is 4. The van der Waals surface area contributed by atoms with Gasteiger partial charge in [0.15, 0.2) is 0 Å². The highest BCUT2D eigenvalue weighted by atomic mass is 32.2. The van der Waals surface area contributed by atoms with Gasteiger partial charge in [-0.15, -0.1) is 11.8 Å². The average Bonchev–Trinajstić information content (AvgIpc) is 2.99. The van der Waals surface area contributed by atoms with Crippen LogP contribution in [0.15, 0.2) is 46.9 Å². The molecule has 124 valence electrons. The molecule has 0 aromatic heterocycles. The van der Waals surface area contributed by atoms with Crippen molar-refractivity contribution in [3.63, 3.8) is 0 Å². The topological polar surface area (TPSA) is 32.7 Å². The van der Waals surface area contributed by atoms with Gasteiger partial charge < -0.3 is 14.7 Å². The lowest BCUT2D eigenvalue weighted by Gasteiger charge is -2.39. The van der Waals surface area contributed by atoms with Gasteiger partial charge in [0.2, 0.25) is 0 Å². The summed E-state index contributed by atoms with van der Waals surface area (Å²) < 4.78 is 5.32. The number of allylic oxidation sites excluding steroid dienone is 1. The summed E-state index contributed by atoms with van der Waals surface area (Å²) in [5.41, 5.74) is 1.70. The van der Waals surface area contributed by atoms with Crippen LogP contribution in [0.3, 0.4) is 0 Å². The quantitative estimate of drug-likeness (QED) is 0.899. The molecule has 1 heterocycles. The Morgan fingerprint density at radius 3 is 2.96 bits per heavy atom. The summed E-state index contributed by atoms with van der Waals surface area (Å²) in [6.07, 6.45) is 5.83. The minimum absolute atomic E-state index is 0.152. The first kappa shape index (κ1) is 16.6. The molecule has 0 fully saturated rings. The van der Waals surface area contributed by atoms with Gasteiger partial charge in [-0.2, -0.15) is 0 Å². The average molecular weight is 331 g/mol. The number of aliphatic hydroxyl groups is 1. The molecule has 0 bridgehead atoms. The molecule has 2 aliphatic rings. The van der Waals surface area contributed by atoms with Crippen LogP contribution in [0.25, 0.3) is 0 Å². The Balaban J connectivity index is 1.89. The van der Waals surface area contributed by atoms with Crippen LogP contribution in [0.5, 0.6) is 5.75 Å². The lowest BCUT2D eigenvalue weighted by molar-refractivity contribution is 0.0300. The van der Waals surface area contributed by atoms with Crippen molar-refractivity contribution in [2.75, 3.05) is 33.5 Å². The Morgan fingerprint density at radius 2 is 2.22 bits per heavy atom. The summed E-state index contributed by atoms with van der Waals surface area (Å²) >= 11 is 1.91. The van der Waals surface area contributed by atoms with E-state index in [0.29, 0.717) is 6.42 Å². The normalized spacial score (nSPS) is 26.7. The Hall–Kier alpha value is -1.23. The Bertz CT molecular complexity index is 638. The van der Waals surface area contributed by atoms with E-state index in [1.807, 2.05) is 36.0 Å². The van der Waals surface area contributed by atoms with Crippen molar-refractivity contribution in [1.29, 1.82) is 0 Å². The van der Waals surface area contributed by atoms with Gasteiger partial charge in [-0.25, -0.2) is 0 Å². The summed E-state index contributed by atoms with van der Waals surface area (Å²) in [7, 11) is 5.83. The molecule has 0 spiro atoms. The first-order chi connectivity index (χ1) is 11.0. The Morgan fingerprint density at radius 1 is 1.39 bits per heavy atom. The van der Waals surface area contributed by atoms with Gasteiger partial charge in [0.25, 0.3) is 0 Å². The number of rotatable bonds is 5. The minimum atomic E-state index is -0.833. The molecule has 0 saturated carbocycles. The first-order valence-corrected chi connectivity index (χ1v) is 9.05. The van der Waals surface area contributed by atoms with Crippen LogP contribution in [0.4, 0.5) is 0 Å². The fourth-order valence-electron chi connectivity index (χ4n) is 3.55. The van der Waals surface area contributed by atoms with Crippen molar-refractivity contribution in [3.05, 3.63) is 52.5 Å². The van der Waals surface area contributed by atoms with Crippen molar-refractivity contribution in [3.8, 4) is 5.75 Å². The Labute approximate surface area is 143 Å². The second-order valence-corrected chi connectivity index (χ2v) is 7.79. The molecule has 0 saturated heterocycles. The third-order valence-corrected chi connectivity index (χ3v) is 5.78. The molecule has 1 aromatic carbocycles. The number of benzene rings is 1. The van der Waals surface area contributed by atoms with E-state index < -0.39 is 5.60 Å². The van der Waals surface area contributed by atoms with Crippen LogP contribution in [0.1, 0.15) is 12.0 Å². The smallest absolute Gasteiger partial charge is 0.119 e. The molecule has 2 atom stereocenters. The maximum atomic E-state index is 11.4. The van der Waals surface area contributed by atoms with Gasteiger partial charge in [0, 0.05) is 29.5 Å². The van der Waals surface area contributed by atoms with Gasteiger partial charge in [-0.05, 0) is 49.9 Å². The third-order valence-electron chi connectivity index (χ3n) is 4.66. The van der Waals surface area contributed by atoms with Crippen molar-refractivity contribution < 1.29 is 9.84 Å². The summed E-state index contributed by atoms with van der Waals surface area (Å²) in [5.74, 6) is 2.12. The highest BCUT2D eigenvalue weighted by Gasteiger charge is 2.41. The lowest BCUT2D eigenvalue weighted by atomic mass is 9.74. The van der Waals surface area contributed by atoms with E-state index in [0.717, 1.165) is 30.0 Å². The van der Waals surface area contributed by atoms with E-state index in [1.54, 1.807) is 7.11 Å². The van der Waals surface area contributed by atoms with Gasteiger partial charge >= 0.3 is 0 Å². The fraction of sp³-hybridized carbons (Fsp3) is 0.474. The van der Waals surface area contributed by atoms with Crippen LogP contribution < -0.4 is 4.74 Å². The summed E-state index contributed by atoms with van der Waals surface area (Å²) in [4.78, 5) is 3.54. The van der Waals surface area contributed by atoms with Crippen molar-refractivity contribution in [1.82, 2.24) is 4.90 Å². The highest BCUT2D eigenvalue weighted by Crippen LogP contribution is 2.45. The van der Waals surface area contributed by atoms with Gasteiger partial charge in [0.05, 0.1) is 12.7 Å². The molecule has 1 aliphatic heterocycles. The predicted molar refractivity (Wildman–Crippen MR) is 96.9 cm³/mol. The first-order valence-electron chi connectivity index (χ1n) is 8.07. The van der Waals surface area contributed by atoms with Crippen molar-refractivity contribution >= 4 is 11.8 Å². The van der Waals surface area contributed by atoms with Crippen molar-refractivity contribution in [2.45, 2.75) is 18.4 Å². The zero-order valence-electron chi connectivity index (χ0n) is 14.1. The van der Waals surface area contributed by atoms with E-state index in [-0.39, 0.29) is 5.92 Å². The number of methoxy groups -OCH3 is 1. The molecular formula is C19H25NO2S. The van der Waals surface area contributed by atoms with E-state index in [4.69, 9.17) is 4.74 Å². The third kappa shape index (κ3) is 3.49. The zero-order valence-corrected chi connectivity index (χ0v) is 14.9. The summed E-state index contributed by atoms with van der Waals surface area (Å²) in [6, 6.07) is 8.01. The van der Waals surface area contributed by atoms with Gasteiger partial charge in [0.1, 0.15) is 5.75 Å². The number of nitrogens with zero attached hydrogens (tertiary/aromatic N) is 1. The lowest BCUT2D eigenvalue weighted by Crippen LogP contribution is -2.45. The van der Waals surface area contributed by atoms with Crippen LogP contribution in [0, 0.1) is 5.92 Å². The minimum Gasteiger partial charge on any atom is -0.497 e. The van der Waals surface area contributed by atoms with Crippen molar-refractivity contribution in [2.24, 2.45) is 5.92 Å². The standard InChI is InChI=1S/C19H25NO2S/c1-20(2)13-17-16-8-10-23-18(16)7-9-19(17,21)12-14-5-4-6-15(11-14)22-3/h4-7,9,11,17,21H,8,10,12-13H2,1-3H3. The number of ether oxygens (including phenoxy) is 1. The monoisotopic (exact) mass is 331 g/mol. The number of hydrogen-bond donors (Lipinski definition) is 1. The molecule has 3 rings (SSSR count). The Kier molecular flexibility index (Phi) is 4.85. The van der Waals surface area contributed by atoms with Gasteiger partial charge in [-0.1, -0.05) is 18.2 Å². The fourth-order valence-corrected chi connectivity index (χ4v) is 4.69. The van der Waals surface area contributed by atoms with Crippen LogP contribution in [-0.4, -0.2) is 49.1 Å². The molecule has 23 heavy (non-hydrogen) atoms. The van der Waals surface area contributed by atoms with Gasteiger partial charge in [-0.3, -0.25) is 0 Å². The molecule has 3 nitrogen and oxygen atoms in total. The zero-order chi connectivity index (χ0) is 16.4. The molecule has 1 aromatic rings. The molecule has 1 N–H and O–H groups in total. The molecule has 2 unspecified atom stereocenters. The maximum absolute atomic E-state index is 11.4. The summed E-state index contributed by atoms with van der Waals surface area (Å²) in [5, 5.41) is 11.4. The summed E-state index contributed by atoms with van der Waals surface area (Å²) in [6.45, 7) is 0.865. The van der Waals surface area contributed by atoms with Crippen LogP contribution >= 0.6 is 11.8 Å². The SMILES string of the molecule is COc1cccc(CC2(O)C=CC3=C(CCS3)C2CN(C)C)c1. The molecular weight excluding hydrogens is 306 g/mol. The van der Waals surface area contributed by atoms with E-state index in [1.165, 1.54) is 10.5 Å². The van der Waals surface area contributed by atoms with Crippen LogP contribution in [0.2, 0.25) is 0 Å². The number of thioether (sulfide) groups is 1. The molecule has 4 heteroatoms. The van der Waals surface area contributed by atoms with E-state index in [9.17, 15) is 5.11 Å². The second-order valence-electron chi connectivity index (χ2n) is 6.66. The van der Waals surface area contributed by atoms with E-state index in [2.05, 4.69) is 31.1 Å². The largest absolute Gasteiger partial charge is 0.497 e. The highest BCUT2D eigenvalue weighted by molar-refractivity contribution is 8.03. The maximum Gasteiger partial charge on any atom is 0.119 e. The molecule has 0 radical (unpaired) electrons. The molecule has 1 aliphatic carbocycles. The molecule has 0 amide bonds. The second kappa shape index (κ2) is 6.71. The predicted octanol–water partition coefficient (Wildman–Crippen LogP) is 3.11. The van der Waals surface area contributed by atoms with E-state index >= 15 is 0 Å². The van der Waals surface area contributed by atoms with Crippen LogP contribution in [-0.2, 0) is 6.42 Å².